The zero-order valence-corrected chi connectivity index (χ0v) is 11.8. The number of β-amino-alcohol motifs (C(OH)–C–C–N with tert-alkyl or cyclic N) is 1. The van der Waals surface area contributed by atoms with E-state index in [1.165, 1.54) is 24.1 Å². The van der Waals surface area contributed by atoms with Crippen molar-refractivity contribution in [1.29, 1.82) is 0 Å². The fraction of sp³-hybridized carbons (Fsp3) is 0.625. The maximum absolute atomic E-state index is 10.3. The molecule has 1 aliphatic rings. The van der Waals surface area contributed by atoms with Crippen molar-refractivity contribution in [3.8, 4) is 0 Å². The highest BCUT2D eigenvalue weighted by Crippen LogP contribution is 2.28. The first kappa shape index (κ1) is 13.4. The second-order valence-corrected chi connectivity index (χ2v) is 6.41. The molecule has 0 aliphatic carbocycles. The Morgan fingerprint density at radius 2 is 1.94 bits per heavy atom. The smallest absolute Gasteiger partial charge is 0.0763 e. The van der Waals surface area contributed by atoms with Gasteiger partial charge in [-0.05, 0) is 36.3 Å². The summed E-state index contributed by atoms with van der Waals surface area (Å²) in [6.07, 6.45) is 3.34. The van der Waals surface area contributed by atoms with Crippen LogP contribution in [-0.2, 0) is 6.42 Å². The van der Waals surface area contributed by atoms with Crippen LogP contribution in [-0.4, -0.2) is 24.3 Å². The highest BCUT2D eigenvalue weighted by Gasteiger charge is 2.25. The van der Waals surface area contributed by atoms with Gasteiger partial charge in [-0.3, -0.25) is 0 Å². The minimum absolute atomic E-state index is 0.0543. The van der Waals surface area contributed by atoms with E-state index < -0.39 is 0 Å². The van der Waals surface area contributed by atoms with Crippen molar-refractivity contribution in [1.82, 2.24) is 0 Å². The summed E-state index contributed by atoms with van der Waals surface area (Å²) in [6.45, 7) is 8.09. The van der Waals surface area contributed by atoms with Crippen molar-refractivity contribution in [2.75, 3.05) is 18.0 Å². The van der Waals surface area contributed by atoms with Crippen LogP contribution in [0.3, 0.4) is 0 Å². The number of hydrogen-bond donors (Lipinski definition) is 1. The van der Waals surface area contributed by atoms with Crippen LogP contribution in [0.5, 0.6) is 0 Å². The van der Waals surface area contributed by atoms with E-state index in [-0.39, 0.29) is 11.5 Å². The van der Waals surface area contributed by atoms with Crippen molar-refractivity contribution < 1.29 is 5.11 Å². The van der Waals surface area contributed by atoms with E-state index >= 15 is 0 Å². The Balaban J connectivity index is 2.18. The Labute approximate surface area is 111 Å². The number of aryl methyl sites for hydroxylation is 1. The SMILES string of the molecule is CC(C)(C)C(O)CN1CCCCc2ccccc21. The van der Waals surface area contributed by atoms with Gasteiger partial charge in [0, 0.05) is 18.8 Å². The van der Waals surface area contributed by atoms with E-state index in [4.69, 9.17) is 0 Å². The van der Waals surface area contributed by atoms with Crippen molar-refractivity contribution in [3.63, 3.8) is 0 Å². The summed E-state index contributed by atoms with van der Waals surface area (Å²) in [7, 11) is 0. The number of rotatable bonds is 2. The molecule has 1 unspecified atom stereocenters. The monoisotopic (exact) mass is 247 g/mol. The van der Waals surface area contributed by atoms with Crippen molar-refractivity contribution in [2.45, 2.75) is 46.1 Å². The first-order valence-electron chi connectivity index (χ1n) is 6.99. The van der Waals surface area contributed by atoms with Crippen LogP contribution < -0.4 is 4.90 Å². The number of aliphatic hydroxyl groups is 1. The molecule has 1 aromatic carbocycles. The first-order chi connectivity index (χ1) is 8.48. The summed E-state index contributed by atoms with van der Waals surface area (Å²) in [5, 5.41) is 10.3. The van der Waals surface area contributed by atoms with Gasteiger partial charge in [0.1, 0.15) is 0 Å². The largest absolute Gasteiger partial charge is 0.391 e. The summed E-state index contributed by atoms with van der Waals surface area (Å²) in [5.41, 5.74) is 2.69. The molecule has 0 saturated carbocycles. The molecule has 1 N–H and O–H groups in total. The topological polar surface area (TPSA) is 23.5 Å². The molecule has 1 aliphatic heterocycles. The van der Waals surface area contributed by atoms with Crippen LogP contribution in [0.25, 0.3) is 0 Å². The second-order valence-electron chi connectivity index (χ2n) is 6.41. The molecule has 2 nitrogen and oxygen atoms in total. The number of benzene rings is 1. The Kier molecular flexibility index (Phi) is 3.96. The molecule has 1 heterocycles. The first-order valence-corrected chi connectivity index (χ1v) is 6.99. The fourth-order valence-corrected chi connectivity index (χ4v) is 2.44. The molecule has 0 fully saturated rings. The third kappa shape index (κ3) is 3.05. The molecular weight excluding hydrogens is 222 g/mol. The average molecular weight is 247 g/mol. The average Bonchev–Trinajstić information content (AvgIpc) is 2.51. The molecule has 2 heteroatoms. The Morgan fingerprint density at radius 3 is 2.67 bits per heavy atom. The molecule has 0 amide bonds. The van der Waals surface area contributed by atoms with Gasteiger partial charge in [0.15, 0.2) is 0 Å². The van der Waals surface area contributed by atoms with Crippen molar-refractivity contribution in [2.24, 2.45) is 5.41 Å². The maximum atomic E-state index is 10.3. The molecular formula is C16H25NO. The van der Waals surface area contributed by atoms with E-state index in [1.54, 1.807) is 0 Å². The summed E-state index contributed by atoms with van der Waals surface area (Å²) in [5.74, 6) is 0. The number of nitrogens with zero attached hydrogens (tertiary/aromatic N) is 1. The van der Waals surface area contributed by atoms with Gasteiger partial charge in [-0.2, -0.15) is 0 Å². The summed E-state index contributed by atoms with van der Waals surface area (Å²) in [6, 6.07) is 8.62. The summed E-state index contributed by atoms with van der Waals surface area (Å²) < 4.78 is 0. The van der Waals surface area contributed by atoms with E-state index in [9.17, 15) is 5.11 Å². The lowest BCUT2D eigenvalue weighted by atomic mass is 9.88. The number of para-hydroxylation sites is 1. The highest BCUT2D eigenvalue weighted by molar-refractivity contribution is 5.54. The van der Waals surface area contributed by atoms with Gasteiger partial charge in [-0.25, -0.2) is 0 Å². The summed E-state index contributed by atoms with van der Waals surface area (Å²) >= 11 is 0. The van der Waals surface area contributed by atoms with E-state index in [0.717, 1.165) is 19.5 Å². The summed E-state index contributed by atoms with van der Waals surface area (Å²) in [4.78, 5) is 2.36. The van der Waals surface area contributed by atoms with Crippen LogP contribution in [0.1, 0.15) is 39.2 Å². The minimum atomic E-state index is -0.288. The molecule has 100 valence electrons. The Morgan fingerprint density at radius 1 is 1.22 bits per heavy atom. The van der Waals surface area contributed by atoms with Gasteiger partial charge in [0.2, 0.25) is 0 Å². The van der Waals surface area contributed by atoms with Crippen molar-refractivity contribution >= 4 is 5.69 Å². The van der Waals surface area contributed by atoms with Gasteiger partial charge >= 0.3 is 0 Å². The predicted octanol–water partition coefficient (Wildman–Crippen LogP) is 3.24. The zero-order valence-electron chi connectivity index (χ0n) is 11.8. The molecule has 18 heavy (non-hydrogen) atoms. The number of hydrogen-bond acceptors (Lipinski definition) is 2. The Bertz CT molecular complexity index is 394. The fourth-order valence-electron chi connectivity index (χ4n) is 2.44. The van der Waals surface area contributed by atoms with E-state index in [2.05, 4.69) is 49.9 Å². The number of fused-ring (bicyclic) bond motifs is 1. The molecule has 1 aromatic rings. The maximum Gasteiger partial charge on any atom is 0.0763 e. The molecule has 0 saturated heterocycles. The van der Waals surface area contributed by atoms with Crippen LogP contribution in [0.2, 0.25) is 0 Å². The second kappa shape index (κ2) is 5.31. The lowest BCUT2D eigenvalue weighted by Gasteiger charge is -2.33. The van der Waals surface area contributed by atoms with Gasteiger partial charge in [-0.1, -0.05) is 39.0 Å². The molecule has 0 aromatic heterocycles. The third-order valence-corrected chi connectivity index (χ3v) is 3.85. The van der Waals surface area contributed by atoms with Crippen molar-refractivity contribution in [3.05, 3.63) is 29.8 Å². The quantitative estimate of drug-likeness (QED) is 0.867. The highest BCUT2D eigenvalue weighted by atomic mass is 16.3. The van der Waals surface area contributed by atoms with Gasteiger partial charge in [0.25, 0.3) is 0 Å². The van der Waals surface area contributed by atoms with Crippen LogP contribution in [0, 0.1) is 5.41 Å². The van der Waals surface area contributed by atoms with Gasteiger partial charge in [0.05, 0.1) is 6.10 Å². The lowest BCUT2D eigenvalue weighted by Crippen LogP contribution is -2.40. The molecule has 0 bridgehead atoms. The zero-order chi connectivity index (χ0) is 13.2. The van der Waals surface area contributed by atoms with Crippen LogP contribution >= 0.6 is 0 Å². The predicted molar refractivity (Wildman–Crippen MR) is 77.1 cm³/mol. The Hall–Kier alpha value is -1.02. The number of aliphatic hydroxyl groups excluding tert-OH is 1. The number of anilines is 1. The normalized spacial score (nSPS) is 18.1. The van der Waals surface area contributed by atoms with Crippen LogP contribution in [0.15, 0.2) is 24.3 Å². The minimum Gasteiger partial charge on any atom is -0.391 e. The molecule has 0 radical (unpaired) electrons. The van der Waals surface area contributed by atoms with Gasteiger partial charge < -0.3 is 10.0 Å². The third-order valence-electron chi connectivity index (χ3n) is 3.85. The van der Waals surface area contributed by atoms with E-state index in [1.807, 2.05) is 0 Å². The molecule has 0 spiro atoms. The molecule has 2 rings (SSSR count). The lowest BCUT2D eigenvalue weighted by molar-refractivity contribution is 0.0689. The van der Waals surface area contributed by atoms with Crippen LogP contribution in [0.4, 0.5) is 5.69 Å². The standard InChI is InChI=1S/C16H25NO/c1-16(2,3)15(18)12-17-11-7-6-9-13-8-4-5-10-14(13)17/h4-5,8,10,15,18H,6-7,9,11-12H2,1-3H3. The van der Waals surface area contributed by atoms with E-state index in [0.29, 0.717) is 0 Å². The van der Waals surface area contributed by atoms with Gasteiger partial charge in [-0.15, -0.1) is 0 Å². The molecule has 1 atom stereocenters.